The standard InChI is InChI=1S/C25H19F3N4O6/c1-9-17(29-10(2)20(9)24(35)36)7-13-12-6-14(26)19(8-18(12)30-22(13)33)31-25(37)32-23(34)21-15(27)4-11(38-3)5-16(21)28/h4-8,29H,1-3H3,(H,30,33)(H,35,36)(H2,31,32,34,37)/b13-7-. The summed E-state index contributed by atoms with van der Waals surface area (Å²) < 4.78 is 47.8. The SMILES string of the molecule is COc1cc(F)c(C(=O)NC(=O)Nc2cc3c(cc2F)/C(=C/c2[nH]c(C)c(C(=O)O)c2C)C(=O)N3)c(F)c1. The second kappa shape index (κ2) is 9.76. The second-order valence-electron chi connectivity index (χ2n) is 8.23. The van der Waals surface area contributed by atoms with Gasteiger partial charge in [-0.25, -0.2) is 22.8 Å². The van der Waals surface area contributed by atoms with Gasteiger partial charge >= 0.3 is 12.0 Å². The van der Waals surface area contributed by atoms with Gasteiger partial charge in [-0.1, -0.05) is 0 Å². The van der Waals surface area contributed by atoms with Crippen LogP contribution in [0.25, 0.3) is 11.6 Å². The molecule has 2 heterocycles. The monoisotopic (exact) mass is 528 g/mol. The van der Waals surface area contributed by atoms with Crippen LogP contribution in [0.4, 0.5) is 29.3 Å². The fourth-order valence-corrected chi connectivity index (χ4v) is 4.04. The van der Waals surface area contributed by atoms with Crippen molar-refractivity contribution in [3.63, 3.8) is 0 Å². The van der Waals surface area contributed by atoms with E-state index >= 15 is 0 Å². The average molecular weight is 528 g/mol. The second-order valence-corrected chi connectivity index (χ2v) is 8.23. The molecule has 0 spiro atoms. The molecule has 0 fully saturated rings. The molecule has 196 valence electrons. The number of ether oxygens (including phenoxy) is 1. The average Bonchev–Trinajstić information content (AvgIpc) is 3.27. The van der Waals surface area contributed by atoms with Gasteiger partial charge in [0, 0.05) is 29.1 Å². The molecule has 13 heteroatoms. The van der Waals surface area contributed by atoms with Gasteiger partial charge in [0.1, 0.15) is 28.8 Å². The molecule has 0 saturated carbocycles. The third kappa shape index (κ3) is 4.68. The molecule has 3 aromatic rings. The van der Waals surface area contributed by atoms with Gasteiger partial charge < -0.3 is 25.5 Å². The van der Waals surface area contributed by atoms with E-state index in [1.165, 1.54) is 13.2 Å². The Balaban J connectivity index is 1.57. The number of hydrogen-bond donors (Lipinski definition) is 5. The molecule has 0 saturated heterocycles. The number of aromatic nitrogens is 1. The molecule has 1 aliphatic heterocycles. The molecule has 1 aliphatic rings. The van der Waals surface area contributed by atoms with Crippen molar-refractivity contribution in [2.45, 2.75) is 13.8 Å². The van der Waals surface area contributed by atoms with Crippen LogP contribution in [0.1, 0.15) is 43.2 Å². The number of nitrogens with one attached hydrogen (secondary N) is 4. The Hall–Kier alpha value is -5.07. The summed E-state index contributed by atoms with van der Waals surface area (Å²) in [7, 11) is 1.17. The number of rotatable bonds is 5. The van der Waals surface area contributed by atoms with Crippen molar-refractivity contribution in [2.75, 3.05) is 17.7 Å². The zero-order valence-electron chi connectivity index (χ0n) is 20.0. The molecule has 1 aromatic heterocycles. The highest BCUT2D eigenvalue weighted by Gasteiger charge is 2.28. The van der Waals surface area contributed by atoms with Crippen molar-refractivity contribution >= 4 is 46.8 Å². The fraction of sp³-hybridized carbons (Fsp3) is 0.120. The van der Waals surface area contributed by atoms with Crippen molar-refractivity contribution in [1.82, 2.24) is 10.3 Å². The molecule has 0 radical (unpaired) electrons. The normalized spacial score (nSPS) is 13.2. The van der Waals surface area contributed by atoms with Gasteiger partial charge in [-0.15, -0.1) is 0 Å². The number of aromatic amines is 1. The number of aryl methyl sites for hydroxylation is 1. The summed E-state index contributed by atoms with van der Waals surface area (Å²) in [5.41, 5.74) is -0.0276. The van der Waals surface area contributed by atoms with Crippen LogP contribution >= 0.6 is 0 Å². The lowest BCUT2D eigenvalue weighted by molar-refractivity contribution is -0.110. The lowest BCUT2D eigenvalue weighted by atomic mass is 10.0. The first-order valence-corrected chi connectivity index (χ1v) is 10.9. The van der Waals surface area contributed by atoms with Crippen LogP contribution in [0.5, 0.6) is 5.75 Å². The molecule has 10 nitrogen and oxygen atoms in total. The van der Waals surface area contributed by atoms with Gasteiger partial charge in [0.25, 0.3) is 11.8 Å². The smallest absolute Gasteiger partial charge is 0.337 e. The minimum absolute atomic E-state index is 0.0387. The van der Waals surface area contributed by atoms with Crippen molar-refractivity contribution in [2.24, 2.45) is 0 Å². The number of urea groups is 1. The number of benzene rings is 2. The van der Waals surface area contributed by atoms with E-state index in [0.717, 1.165) is 24.3 Å². The van der Waals surface area contributed by atoms with Crippen molar-refractivity contribution in [3.05, 3.63) is 75.4 Å². The molecule has 5 N–H and O–H groups in total. The third-order valence-electron chi connectivity index (χ3n) is 5.82. The number of hydrogen-bond acceptors (Lipinski definition) is 5. The Labute approximate surface area is 212 Å². The first-order valence-electron chi connectivity index (χ1n) is 10.9. The summed E-state index contributed by atoms with van der Waals surface area (Å²) in [4.78, 5) is 51.4. The number of halogens is 3. The maximum Gasteiger partial charge on any atom is 0.337 e. The van der Waals surface area contributed by atoms with Gasteiger partial charge in [-0.2, -0.15) is 0 Å². The van der Waals surface area contributed by atoms with E-state index in [-0.39, 0.29) is 28.1 Å². The predicted molar refractivity (Wildman–Crippen MR) is 130 cm³/mol. The number of carbonyl (C=O) groups excluding carboxylic acids is 3. The van der Waals surface area contributed by atoms with Gasteiger partial charge in [0.15, 0.2) is 0 Å². The van der Waals surface area contributed by atoms with Crippen molar-refractivity contribution in [3.8, 4) is 5.75 Å². The maximum atomic E-state index is 14.9. The Morgan fingerprint density at radius 1 is 1.00 bits per heavy atom. The first kappa shape index (κ1) is 26.0. The van der Waals surface area contributed by atoms with Crippen LogP contribution < -0.4 is 20.7 Å². The van der Waals surface area contributed by atoms with E-state index < -0.39 is 52.5 Å². The Kier molecular flexibility index (Phi) is 6.68. The Morgan fingerprint density at radius 3 is 2.24 bits per heavy atom. The number of carboxylic acid groups (broad SMARTS) is 1. The molecule has 0 atom stereocenters. The van der Waals surface area contributed by atoms with E-state index in [4.69, 9.17) is 4.74 Å². The summed E-state index contributed by atoms with van der Waals surface area (Å²) in [6.45, 7) is 3.12. The summed E-state index contributed by atoms with van der Waals surface area (Å²) in [6, 6.07) is 2.27. The Morgan fingerprint density at radius 2 is 1.66 bits per heavy atom. The zero-order chi connectivity index (χ0) is 27.9. The number of imide groups is 1. The van der Waals surface area contributed by atoms with Crippen LogP contribution in [0, 0.1) is 31.3 Å². The fourth-order valence-electron chi connectivity index (χ4n) is 4.04. The number of amides is 4. The predicted octanol–water partition coefficient (Wildman–Crippen LogP) is 4.21. The van der Waals surface area contributed by atoms with E-state index in [9.17, 15) is 37.5 Å². The molecule has 4 amide bonds. The zero-order valence-corrected chi connectivity index (χ0v) is 20.0. The molecule has 4 rings (SSSR count). The Bertz CT molecular complexity index is 1550. The minimum Gasteiger partial charge on any atom is -0.497 e. The van der Waals surface area contributed by atoms with Gasteiger partial charge in [0.2, 0.25) is 0 Å². The van der Waals surface area contributed by atoms with E-state index in [0.29, 0.717) is 17.0 Å². The molecule has 0 unspecified atom stereocenters. The number of carbonyl (C=O) groups is 4. The highest BCUT2D eigenvalue weighted by atomic mass is 19.1. The number of anilines is 2. The van der Waals surface area contributed by atoms with Crippen LogP contribution in [0.15, 0.2) is 24.3 Å². The van der Waals surface area contributed by atoms with E-state index in [2.05, 4.69) is 15.6 Å². The van der Waals surface area contributed by atoms with E-state index in [1.54, 1.807) is 19.2 Å². The highest BCUT2D eigenvalue weighted by molar-refractivity contribution is 6.35. The van der Waals surface area contributed by atoms with E-state index in [1.807, 2.05) is 0 Å². The lowest BCUT2D eigenvalue weighted by Crippen LogP contribution is -2.35. The lowest BCUT2D eigenvalue weighted by Gasteiger charge is -2.11. The third-order valence-corrected chi connectivity index (χ3v) is 5.82. The van der Waals surface area contributed by atoms with Crippen LogP contribution in [-0.4, -0.2) is 41.0 Å². The molecular weight excluding hydrogens is 509 g/mol. The minimum atomic E-state index is -1.42. The van der Waals surface area contributed by atoms with Gasteiger partial charge in [-0.05, 0) is 37.6 Å². The maximum absolute atomic E-state index is 14.9. The number of H-pyrrole nitrogens is 1. The largest absolute Gasteiger partial charge is 0.497 e. The first-order chi connectivity index (χ1) is 17.9. The van der Waals surface area contributed by atoms with Crippen molar-refractivity contribution < 1.29 is 42.2 Å². The molecule has 38 heavy (non-hydrogen) atoms. The van der Waals surface area contributed by atoms with Gasteiger partial charge in [-0.3, -0.25) is 14.9 Å². The molecule has 2 aromatic carbocycles. The topological polar surface area (TPSA) is 150 Å². The highest BCUT2D eigenvalue weighted by Crippen LogP contribution is 2.37. The molecular formula is C25H19F3N4O6. The summed E-state index contributed by atoms with van der Waals surface area (Å²) in [5.74, 6) is -6.89. The number of carboxylic acids is 1. The van der Waals surface area contributed by atoms with Gasteiger partial charge in [0.05, 0.1) is 29.6 Å². The molecule has 0 aliphatic carbocycles. The molecule has 0 bridgehead atoms. The number of methoxy groups -OCH3 is 1. The van der Waals surface area contributed by atoms with Crippen molar-refractivity contribution in [1.29, 1.82) is 0 Å². The van der Waals surface area contributed by atoms with Crippen LogP contribution in [0.2, 0.25) is 0 Å². The number of fused-ring (bicyclic) bond motifs is 1. The van der Waals surface area contributed by atoms with Crippen LogP contribution in [0.3, 0.4) is 0 Å². The summed E-state index contributed by atoms with van der Waals surface area (Å²) in [5, 5.41) is 15.6. The number of aromatic carboxylic acids is 1. The summed E-state index contributed by atoms with van der Waals surface area (Å²) in [6.07, 6.45) is 1.38. The van der Waals surface area contributed by atoms with Crippen LogP contribution in [-0.2, 0) is 4.79 Å². The quantitative estimate of drug-likeness (QED) is 0.313. The summed E-state index contributed by atoms with van der Waals surface area (Å²) >= 11 is 0.